The molecule has 118 valence electrons. The van der Waals surface area contributed by atoms with Crippen LogP contribution in [-0.4, -0.2) is 44.6 Å². The summed E-state index contributed by atoms with van der Waals surface area (Å²) in [4.78, 5) is 17.2. The Labute approximate surface area is 147 Å². The Morgan fingerprint density at radius 3 is 2.67 bits per heavy atom. The monoisotopic (exact) mass is 425 g/mol. The van der Waals surface area contributed by atoms with Gasteiger partial charge in [0, 0.05) is 32.2 Å². The number of aliphatic imine (C=N–C) groups is 1. The minimum atomic E-state index is -0.248. The van der Waals surface area contributed by atoms with Crippen molar-refractivity contribution < 1.29 is 9.53 Å². The van der Waals surface area contributed by atoms with Gasteiger partial charge in [-0.3, -0.25) is 9.79 Å². The molecule has 0 saturated heterocycles. The number of guanidine groups is 1. The van der Waals surface area contributed by atoms with Gasteiger partial charge in [0.25, 0.3) is 0 Å². The maximum absolute atomic E-state index is 11.1. The largest absolute Gasteiger partial charge is 0.469 e. The molecule has 0 amide bonds. The van der Waals surface area contributed by atoms with Crippen LogP contribution >= 0.6 is 35.6 Å². The molecule has 7 heteroatoms. The molecule has 0 aliphatic rings. The molecule has 0 aliphatic carbocycles. The molecule has 5 nitrogen and oxygen atoms in total. The predicted octanol–water partition coefficient (Wildman–Crippen LogP) is 2.53. The molecular formula is C14H21ClIN3O2. The molecule has 1 aromatic rings. The number of ether oxygens (including phenoxy) is 1. The number of rotatable bonds is 5. The van der Waals surface area contributed by atoms with Gasteiger partial charge in [0.05, 0.1) is 13.5 Å². The summed E-state index contributed by atoms with van der Waals surface area (Å²) in [6.45, 7) is 1.11. The topological polar surface area (TPSA) is 53.9 Å². The highest BCUT2D eigenvalue weighted by Gasteiger charge is 2.09. The molecule has 0 aliphatic heterocycles. The standard InChI is InChI=1S/C14H20ClN3O2.HI/c1-16-14(17-9-8-13(19)20-3)18(2)10-11-6-4-5-7-12(11)15;/h4-7H,8-10H2,1-3H3,(H,16,17);1H. The second kappa shape index (κ2) is 10.7. The van der Waals surface area contributed by atoms with Gasteiger partial charge in [-0.25, -0.2) is 0 Å². The first-order valence-electron chi connectivity index (χ1n) is 6.30. The lowest BCUT2D eigenvalue weighted by molar-refractivity contribution is -0.140. The average molecular weight is 426 g/mol. The molecule has 0 saturated carbocycles. The summed E-state index contributed by atoms with van der Waals surface area (Å²) in [6.07, 6.45) is 0.301. The molecule has 1 aromatic carbocycles. The van der Waals surface area contributed by atoms with Gasteiger partial charge < -0.3 is 15.0 Å². The fourth-order valence-corrected chi connectivity index (χ4v) is 1.92. The maximum Gasteiger partial charge on any atom is 0.307 e. The van der Waals surface area contributed by atoms with E-state index in [0.29, 0.717) is 25.5 Å². The Kier molecular flexibility index (Phi) is 10.2. The van der Waals surface area contributed by atoms with E-state index in [2.05, 4.69) is 15.0 Å². The van der Waals surface area contributed by atoms with E-state index in [9.17, 15) is 4.79 Å². The SMILES string of the molecule is CN=C(NCCC(=O)OC)N(C)Cc1ccccc1Cl.I. The second-order valence-corrected chi connectivity index (χ2v) is 4.65. The van der Waals surface area contributed by atoms with Crippen LogP contribution in [0.2, 0.25) is 5.02 Å². The molecule has 0 spiro atoms. The molecule has 0 bridgehead atoms. The van der Waals surface area contributed by atoms with Crippen molar-refractivity contribution in [1.82, 2.24) is 10.2 Å². The molecule has 0 heterocycles. The fourth-order valence-electron chi connectivity index (χ4n) is 1.72. The van der Waals surface area contributed by atoms with Gasteiger partial charge in [-0.2, -0.15) is 0 Å². The first-order valence-corrected chi connectivity index (χ1v) is 6.68. The Balaban J connectivity index is 0.00000400. The van der Waals surface area contributed by atoms with Crippen LogP contribution in [0.4, 0.5) is 0 Å². The van der Waals surface area contributed by atoms with Crippen molar-refractivity contribution in [2.75, 3.05) is 27.7 Å². The Morgan fingerprint density at radius 2 is 2.10 bits per heavy atom. The van der Waals surface area contributed by atoms with Crippen LogP contribution < -0.4 is 5.32 Å². The van der Waals surface area contributed by atoms with Gasteiger partial charge >= 0.3 is 5.97 Å². The number of nitrogens with one attached hydrogen (secondary N) is 1. The first kappa shape index (κ1) is 20.0. The van der Waals surface area contributed by atoms with Gasteiger partial charge in [0.15, 0.2) is 5.96 Å². The number of benzene rings is 1. The van der Waals surface area contributed by atoms with Gasteiger partial charge in [-0.15, -0.1) is 24.0 Å². The van der Waals surface area contributed by atoms with Crippen LogP contribution in [0.5, 0.6) is 0 Å². The lowest BCUT2D eigenvalue weighted by atomic mass is 10.2. The van der Waals surface area contributed by atoms with E-state index in [-0.39, 0.29) is 29.9 Å². The number of carbonyl (C=O) groups is 1. The minimum absolute atomic E-state index is 0. The third kappa shape index (κ3) is 6.99. The van der Waals surface area contributed by atoms with Crippen molar-refractivity contribution in [3.63, 3.8) is 0 Å². The smallest absolute Gasteiger partial charge is 0.307 e. The van der Waals surface area contributed by atoms with Crippen LogP contribution in [-0.2, 0) is 16.1 Å². The maximum atomic E-state index is 11.1. The lowest BCUT2D eigenvalue weighted by Gasteiger charge is -2.22. The molecule has 0 fully saturated rings. The number of hydrogen-bond donors (Lipinski definition) is 1. The van der Waals surface area contributed by atoms with E-state index in [1.807, 2.05) is 36.2 Å². The van der Waals surface area contributed by atoms with Crippen molar-refractivity contribution in [3.8, 4) is 0 Å². The molecule has 0 atom stereocenters. The van der Waals surface area contributed by atoms with Gasteiger partial charge in [0.1, 0.15) is 0 Å². The van der Waals surface area contributed by atoms with Crippen molar-refractivity contribution in [3.05, 3.63) is 34.9 Å². The van der Waals surface area contributed by atoms with Gasteiger partial charge in [-0.1, -0.05) is 29.8 Å². The van der Waals surface area contributed by atoms with E-state index in [4.69, 9.17) is 11.6 Å². The molecule has 1 rings (SSSR count). The summed E-state index contributed by atoms with van der Waals surface area (Å²) in [6, 6.07) is 7.68. The lowest BCUT2D eigenvalue weighted by Crippen LogP contribution is -2.39. The van der Waals surface area contributed by atoms with E-state index in [1.54, 1.807) is 7.05 Å². The molecule has 0 radical (unpaired) electrons. The Morgan fingerprint density at radius 1 is 1.43 bits per heavy atom. The quantitative estimate of drug-likeness (QED) is 0.341. The summed E-state index contributed by atoms with van der Waals surface area (Å²) >= 11 is 6.13. The Hall–Kier alpha value is -1.02. The zero-order chi connectivity index (χ0) is 15.0. The molecule has 21 heavy (non-hydrogen) atoms. The highest BCUT2D eigenvalue weighted by Crippen LogP contribution is 2.16. The van der Waals surface area contributed by atoms with Crippen molar-refractivity contribution in [2.24, 2.45) is 4.99 Å². The number of nitrogens with zero attached hydrogens (tertiary/aromatic N) is 2. The third-order valence-electron chi connectivity index (χ3n) is 2.78. The highest BCUT2D eigenvalue weighted by atomic mass is 127. The number of methoxy groups -OCH3 is 1. The summed E-state index contributed by atoms with van der Waals surface area (Å²) in [5.74, 6) is 0.454. The van der Waals surface area contributed by atoms with E-state index < -0.39 is 0 Å². The third-order valence-corrected chi connectivity index (χ3v) is 3.15. The molecule has 1 N–H and O–H groups in total. The van der Waals surface area contributed by atoms with Crippen molar-refractivity contribution in [1.29, 1.82) is 0 Å². The normalized spacial score (nSPS) is 10.6. The van der Waals surface area contributed by atoms with Crippen molar-refractivity contribution >= 4 is 47.5 Å². The zero-order valence-electron chi connectivity index (χ0n) is 12.4. The first-order chi connectivity index (χ1) is 9.58. The number of halogens is 2. The highest BCUT2D eigenvalue weighted by molar-refractivity contribution is 14.0. The molecular weight excluding hydrogens is 405 g/mol. The van der Waals surface area contributed by atoms with Crippen molar-refractivity contribution in [2.45, 2.75) is 13.0 Å². The van der Waals surface area contributed by atoms with Crippen LogP contribution in [0, 0.1) is 0 Å². The summed E-state index contributed by atoms with van der Waals surface area (Å²) in [5, 5.41) is 3.83. The molecule has 0 aromatic heterocycles. The van der Waals surface area contributed by atoms with Crippen LogP contribution in [0.3, 0.4) is 0 Å². The number of hydrogen-bond acceptors (Lipinski definition) is 3. The number of carbonyl (C=O) groups excluding carboxylic acids is 1. The second-order valence-electron chi connectivity index (χ2n) is 4.25. The summed E-state index contributed by atoms with van der Waals surface area (Å²) < 4.78 is 4.59. The van der Waals surface area contributed by atoms with Crippen LogP contribution in [0.15, 0.2) is 29.3 Å². The fraction of sp³-hybridized carbons (Fsp3) is 0.429. The Bertz CT molecular complexity index is 483. The predicted molar refractivity (Wildman–Crippen MR) is 96.3 cm³/mol. The average Bonchev–Trinajstić information content (AvgIpc) is 2.45. The zero-order valence-corrected chi connectivity index (χ0v) is 15.5. The van der Waals surface area contributed by atoms with E-state index in [1.165, 1.54) is 7.11 Å². The minimum Gasteiger partial charge on any atom is -0.469 e. The van der Waals surface area contributed by atoms with E-state index >= 15 is 0 Å². The van der Waals surface area contributed by atoms with Crippen LogP contribution in [0.1, 0.15) is 12.0 Å². The van der Waals surface area contributed by atoms with Gasteiger partial charge in [0.2, 0.25) is 0 Å². The van der Waals surface area contributed by atoms with E-state index in [0.717, 1.165) is 10.6 Å². The van der Waals surface area contributed by atoms with Crippen LogP contribution in [0.25, 0.3) is 0 Å². The molecule has 0 unspecified atom stereocenters. The summed E-state index contributed by atoms with van der Waals surface area (Å²) in [5.41, 5.74) is 1.02. The number of esters is 1. The van der Waals surface area contributed by atoms with Gasteiger partial charge in [-0.05, 0) is 11.6 Å². The summed E-state index contributed by atoms with van der Waals surface area (Å²) in [7, 11) is 4.99.